The lowest BCUT2D eigenvalue weighted by molar-refractivity contribution is 0.0462. The monoisotopic (exact) mass is 411 g/mol. The highest BCUT2D eigenvalue weighted by Crippen LogP contribution is 2.19. The lowest BCUT2D eigenvalue weighted by atomic mass is 10.1. The van der Waals surface area contributed by atoms with Crippen molar-refractivity contribution in [3.05, 3.63) is 65.5 Å². The molecular weight excluding hydrogens is 390 g/mol. The molecule has 0 spiro atoms. The molecular formula is C20H21N5O3S. The molecule has 0 aliphatic heterocycles. The van der Waals surface area contributed by atoms with E-state index < -0.39 is 16.8 Å². The van der Waals surface area contributed by atoms with E-state index in [0.29, 0.717) is 10.5 Å². The van der Waals surface area contributed by atoms with Crippen LogP contribution in [0.5, 0.6) is 0 Å². The minimum absolute atomic E-state index is 0.0253. The number of nitrogens with zero attached hydrogens (tertiary/aromatic N) is 3. The number of carbonyl (C=O) groups is 1. The van der Waals surface area contributed by atoms with Crippen molar-refractivity contribution in [1.29, 1.82) is 0 Å². The third-order valence-electron chi connectivity index (χ3n) is 4.10. The van der Waals surface area contributed by atoms with Crippen LogP contribution >= 0.6 is 0 Å². The highest BCUT2D eigenvalue weighted by atomic mass is 32.2. The number of rotatable bonds is 7. The molecule has 9 heteroatoms. The van der Waals surface area contributed by atoms with Crippen LogP contribution in [0.25, 0.3) is 0 Å². The zero-order valence-electron chi connectivity index (χ0n) is 16.1. The van der Waals surface area contributed by atoms with Crippen LogP contribution in [-0.4, -0.2) is 31.4 Å². The second-order valence-corrected chi connectivity index (χ2v) is 7.50. The van der Waals surface area contributed by atoms with Crippen LogP contribution in [0.4, 0.5) is 17.6 Å². The maximum Gasteiger partial charge on any atom is 0.338 e. The summed E-state index contributed by atoms with van der Waals surface area (Å²) < 4.78 is 16.7. The van der Waals surface area contributed by atoms with Crippen LogP contribution in [0, 0.1) is 0 Å². The Morgan fingerprint density at radius 2 is 1.83 bits per heavy atom. The molecule has 8 nitrogen and oxygen atoms in total. The van der Waals surface area contributed by atoms with Gasteiger partial charge in [0.1, 0.15) is 0 Å². The van der Waals surface area contributed by atoms with Crippen LogP contribution < -0.4 is 11.1 Å². The molecule has 0 radical (unpaired) electrons. The summed E-state index contributed by atoms with van der Waals surface area (Å²) >= 11 is 0. The first-order valence-corrected chi connectivity index (χ1v) is 10.5. The lowest BCUT2D eigenvalue weighted by Gasteiger charge is -2.11. The van der Waals surface area contributed by atoms with Gasteiger partial charge in [-0.15, -0.1) is 0 Å². The lowest BCUT2D eigenvalue weighted by Crippen LogP contribution is -2.11. The smallest absolute Gasteiger partial charge is 0.338 e. The molecule has 1 aromatic heterocycles. The topological polar surface area (TPSA) is 120 Å². The number of nitrogens with one attached hydrogen (secondary N) is 1. The minimum atomic E-state index is -1.11. The van der Waals surface area contributed by atoms with E-state index in [9.17, 15) is 9.00 Å². The molecule has 1 heterocycles. The highest BCUT2D eigenvalue weighted by molar-refractivity contribution is 7.84. The van der Waals surface area contributed by atoms with Gasteiger partial charge >= 0.3 is 5.97 Å². The third-order valence-corrected chi connectivity index (χ3v) is 5.03. The van der Waals surface area contributed by atoms with Gasteiger partial charge in [-0.1, -0.05) is 25.1 Å². The predicted molar refractivity (Wildman–Crippen MR) is 111 cm³/mol. The number of carbonyl (C=O) groups excluding carboxylic acids is 1. The van der Waals surface area contributed by atoms with E-state index in [-0.39, 0.29) is 24.3 Å². The van der Waals surface area contributed by atoms with Gasteiger partial charge in [0.25, 0.3) is 0 Å². The number of aromatic nitrogens is 3. The van der Waals surface area contributed by atoms with E-state index in [0.717, 1.165) is 17.7 Å². The number of hydrogen-bond acceptors (Lipinski definition) is 8. The summed E-state index contributed by atoms with van der Waals surface area (Å²) in [6.07, 6.45) is 2.42. The van der Waals surface area contributed by atoms with Gasteiger partial charge < -0.3 is 15.8 Å². The van der Waals surface area contributed by atoms with Crippen molar-refractivity contribution in [3.63, 3.8) is 0 Å². The first-order valence-electron chi connectivity index (χ1n) is 8.92. The fraction of sp³-hybridized carbons (Fsp3) is 0.200. The molecule has 0 saturated heterocycles. The fourth-order valence-electron chi connectivity index (χ4n) is 2.63. The van der Waals surface area contributed by atoms with Crippen LogP contribution in [0.2, 0.25) is 0 Å². The van der Waals surface area contributed by atoms with E-state index >= 15 is 0 Å². The molecule has 3 rings (SSSR count). The summed E-state index contributed by atoms with van der Waals surface area (Å²) in [5, 5.41) is 3.13. The van der Waals surface area contributed by atoms with Gasteiger partial charge in [-0.3, -0.25) is 4.21 Å². The zero-order chi connectivity index (χ0) is 20.8. The van der Waals surface area contributed by atoms with Crippen molar-refractivity contribution in [3.8, 4) is 0 Å². The highest BCUT2D eigenvalue weighted by Gasteiger charge is 2.12. The van der Waals surface area contributed by atoms with Gasteiger partial charge in [0.2, 0.25) is 11.9 Å². The molecule has 1 unspecified atom stereocenters. The average molecular weight is 411 g/mol. The predicted octanol–water partition coefficient (Wildman–Crippen LogP) is 2.85. The number of nitrogen functional groups attached to an aromatic ring is 1. The van der Waals surface area contributed by atoms with Crippen molar-refractivity contribution in [2.24, 2.45) is 0 Å². The average Bonchev–Trinajstić information content (AvgIpc) is 2.72. The number of nitrogens with two attached hydrogens (primary N) is 1. The van der Waals surface area contributed by atoms with Crippen molar-refractivity contribution in [2.45, 2.75) is 24.8 Å². The molecule has 3 N–H and O–H groups in total. The van der Waals surface area contributed by atoms with Gasteiger partial charge in [-0.25, -0.2) is 4.79 Å². The van der Waals surface area contributed by atoms with Crippen molar-refractivity contribution in [2.75, 3.05) is 17.3 Å². The van der Waals surface area contributed by atoms with Gasteiger partial charge in [-0.05, 0) is 42.3 Å². The first-order chi connectivity index (χ1) is 14.0. The molecule has 150 valence electrons. The quantitative estimate of drug-likeness (QED) is 0.570. The Hall–Kier alpha value is -3.33. The second-order valence-electron chi connectivity index (χ2n) is 6.12. The van der Waals surface area contributed by atoms with Crippen molar-refractivity contribution >= 4 is 34.4 Å². The molecule has 0 amide bonds. The maximum absolute atomic E-state index is 12.2. The van der Waals surface area contributed by atoms with Gasteiger partial charge in [0.05, 0.1) is 5.56 Å². The number of esters is 1. The molecule has 2 aromatic carbocycles. The summed E-state index contributed by atoms with van der Waals surface area (Å²) in [5.41, 5.74) is 8.10. The van der Waals surface area contributed by atoms with Gasteiger partial charge in [-0.2, -0.15) is 15.0 Å². The number of aryl methyl sites for hydroxylation is 1. The number of hydrogen-bond donors (Lipinski definition) is 2. The summed E-state index contributed by atoms with van der Waals surface area (Å²) in [5.74, 6) is -0.00611. The Morgan fingerprint density at radius 3 is 2.52 bits per heavy atom. The van der Waals surface area contributed by atoms with Crippen LogP contribution in [-0.2, 0) is 28.6 Å². The zero-order valence-corrected chi connectivity index (χ0v) is 16.9. The van der Waals surface area contributed by atoms with E-state index in [1.54, 1.807) is 30.5 Å². The van der Waals surface area contributed by atoms with Gasteiger partial charge in [0.15, 0.2) is 12.4 Å². The van der Waals surface area contributed by atoms with Crippen LogP contribution in [0.15, 0.2) is 53.4 Å². The molecule has 29 heavy (non-hydrogen) atoms. The van der Waals surface area contributed by atoms with E-state index in [1.807, 2.05) is 24.3 Å². The molecule has 0 fully saturated rings. The number of anilines is 3. The Morgan fingerprint density at radius 1 is 1.10 bits per heavy atom. The number of ether oxygens (including phenoxy) is 1. The molecule has 0 aliphatic rings. The molecule has 1 atom stereocenters. The Balaban J connectivity index is 1.69. The number of para-hydroxylation sites is 1. The Labute approximate surface area is 171 Å². The molecule has 3 aromatic rings. The van der Waals surface area contributed by atoms with Crippen LogP contribution in [0.1, 0.15) is 28.7 Å². The normalized spacial score (nSPS) is 11.7. The number of benzene rings is 2. The minimum Gasteiger partial charge on any atom is -0.454 e. The Kier molecular flexibility index (Phi) is 6.50. The standard InChI is InChI=1S/C20H21N5O3S/c1-3-13-6-4-5-7-16(13)22-20-24-17(23-19(21)25-20)12-28-18(26)14-8-10-15(11-9-14)29(2)27/h4-11H,3,12H2,1-2H3,(H3,21,22,23,24,25). The fourth-order valence-corrected chi connectivity index (χ4v) is 3.14. The Bertz CT molecular complexity index is 1040. The van der Waals surface area contributed by atoms with Crippen molar-refractivity contribution < 1.29 is 13.7 Å². The van der Waals surface area contributed by atoms with E-state index in [4.69, 9.17) is 10.5 Å². The second kappa shape index (κ2) is 9.24. The summed E-state index contributed by atoms with van der Waals surface area (Å²) in [7, 11) is -1.11. The molecule has 0 aliphatic carbocycles. The summed E-state index contributed by atoms with van der Waals surface area (Å²) in [6.45, 7) is 1.90. The summed E-state index contributed by atoms with van der Waals surface area (Å²) in [4.78, 5) is 25.2. The first kappa shape index (κ1) is 20.4. The third kappa shape index (κ3) is 5.35. The van der Waals surface area contributed by atoms with Crippen LogP contribution in [0.3, 0.4) is 0 Å². The van der Waals surface area contributed by atoms with E-state index in [2.05, 4.69) is 27.2 Å². The molecule has 0 bridgehead atoms. The largest absolute Gasteiger partial charge is 0.454 e. The summed E-state index contributed by atoms with van der Waals surface area (Å²) in [6, 6.07) is 14.2. The van der Waals surface area contributed by atoms with Crippen molar-refractivity contribution in [1.82, 2.24) is 15.0 Å². The van der Waals surface area contributed by atoms with E-state index in [1.165, 1.54) is 0 Å². The maximum atomic E-state index is 12.2. The molecule has 0 saturated carbocycles. The SMILES string of the molecule is CCc1ccccc1Nc1nc(N)nc(COC(=O)c2ccc(S(C)=O)cc2)n1. The van der Waals surface area contributed by atoms with Gasteiger partial charge in [0, 0.05) is 27.6 Å².